The summed E-state index contributed by atoms with van der Waals surface area (Å²) < 4.78 is 23.5. The highest BCUT2D eigenvalue weighted by Gasteiger charge is 2.28. The third-order valence-corrected chi connectivity index (χ3v) is 7.24. The molecule has 0 amide bonds. The van der Waals surface area contributed by atoms with E-state index in [4.69, 9.17) is 0 Å². The first kappa shape index (κ1) is 22.8. The van der Waals surface area contributed by atoms with Crippen molar-refractivity contribution in [3.8, 4) is 6.07 Å². The van der Waals surface area contributed by atoms with E-state index in [0.717, 1.165) is 22.5 Å². The third kappa shape index (κ3) is 5.19. The summed E-state index contributed by atoms with van der Waals surface area (Å²) in [5.74, 6) is 0.184. The number of sulfone groups is 1. The largest absolute Gasteiger partial charge is 0.381 e. The molecule has 3 N–H and O–H groups in total. The molecule has 1 aliphatic heterocycles. The summed E-state index contributed by atoms with van der Waals surface area (Å²) >= 11 is 0. The van der Waals surface area contributed by atoms with E-state index in [1.54, 1.807) is 12.1 Å². The number of para-hydroxylation sites is 1. The van der Waals surface area contributed by atoms with Crippen LogP contribution in [0, 0.1) is 11.3 Å². The maximum Gasteiger partial charge on any atom is 0.175 e. The molecule has 3 aromatic rings. The highest BCUT2D eigenvalue weighted by molar-refractivity contribution is 7.90. The molecule has 33 heavy (non-hydrogen) atoms. The number of benzene rings is 3. The minimum atomic E-state index is -3.21. The molecule has 4 rings (SSSR count). The van der Waals surface area contributed by atoms with Crippen LogP contribution < -0.4 is 16.0 Å². The van der Waals surface area contributed by atoms with Crippen molar-refractivity contribution in [1.82, 2.24) is 5.32 Å². The Morgan fingerprint density at radius 2 is 1.76 bits per heavy atom. The highest BCUT2D eigenvalue weighted by Crippen LogP contribution is 2.33. The van der Waals surface area contributed by atoms with Crippen molar-refractivity contribution in [1.29, 1.82) is 5.26 Å². The van der Waals surface area contributed by atoms with Crippen LogP contribution in [0.1, 0.15) is 35.6 Å². The smallest absolute Gasteiger partial charge is 0.175 e. The number of rotatable bonds is 7. The molecule has 3 aromatic carbocycles. The fourth-order valence-electron chi connectivity index (χ4n) is 4.22. The number of hydrogen-bond donors (Lipinski definition) is 3. The van der Waals surface area contributed by atoms with Gasteiger partial charge in [0.25, 0.3) is 0 Å². The van der Waals surface area contributed by atoms with E-state index in [1.165, 1.54) is 6.26 Å². The molecular formula is C26H28N4O2S. The second-order valence-corrected chi connectivity index (χ2v) is 10.5. The van der Waals surface area contributed by atoms with Gasteiger partial charge in [-0.2, -0.15) is 5.26 Å². The zero-order valence-electron chi connectivity index (χ0n) is 18.7. The van der Waals surface area contributed by atoms with Crippen LogP contribution in [-0.4, -0.2) is 33.8 Å². The molecule has 6 nitrogen and oxygen atoms in total. The van der Waals surface area contributed by atoms with Crippen LogP contribution in [-0.2, 0) is 9.84 Å². The van der Waals surface area contributed by atoms with Gasteiger partial charge in [0.05, 0.1) is 33.9 Å². The van der Waals surface area contributed by atoms with Gasteiger partial charge in [-0.05, 0) is 41.3 Å². The molecule has 0 saturated carbocycles. The summed E-state index contributed by atoms with van der Waals surface area (Å²) in [6, 6.07) is 25.4. The number of nitriles is 1. The molecule has 0 spiro atoms. The standard InChI is InChI=1S/C26H28N4O2S/c1-18(19-11-13-22(14-12-19)33(2,31)32)16-29-25(20-7-4-3-5-8-20)24-17-28-23-10-6-9-21(15-27)26(23)30-24/h3-14,18,24-25,28-30H,16-17H2,1-2H3/t18-,24+,25+/m0/s1. The Kier molecular flexibility index (Phi) is 6.68. The summed E-state index contributed by atoms with van der Waals surface area (Å²) in [5.41, 5.74) is 4.64. The SMILES string of the molecule is C[C@@H](CN[C@H](c1ccccc1)[C@H]1CNc2cccc(C#N)c2N1)c1ccc(S(C)(=O)=O)cc1. The van der Waals surface area contributed by atoms with Crippen molar-refractivity contribution in [2.75, 3.05) is 30.0 Å². The Morgan fingerprint density at radius 1 is 1.03 bits per heavy atom. The lowest BCUT2D eigenvalue weighted by Gasteiger charge is -2.36. The number of fused-ring (bicyclic) bond motifs is 1. The second-order valence-electron chi connectivity index (χ2n) is 8.51. The fraction of sp³-hybridized carbons (Fsp3) is 0.269. The minimum absolute atomic E-state index is 0.0105. The van der Waals surface area contributed by atoms with Crippen molar-refractivity contribution < 1.29 is 8.42 Å². The van der Waals surface area contributed by atoms with E-state index in [2.05, 4.69) is 41.1 Å². The first-order valence-corrected chi connectivity index (χ1v) is 12.9. The Balaban J connectivity index is 1.53. The van der Waals surface area contributed by atoms with Crippen LogP contribution in [0.5, 0.6) is 0 Å². The van der Waals surface area contributed by atoms with Crippen LogP contribution in [0.3, 0.4) is 0 Å². The average Bonchev–Trinajstić information content (AvgIpc) is 2.83. The molecule has 170 valence electrons. The second kappa shape index (κ2) is 9.65. The number of nitrogens with one attached hydrogen (secondary N) is 3. The minimum Gasteiger partial charge on any atom is -0.381 e. The Bertz CT molecular complexity index is 1250. The zero-order valence-corrected chi connectivity index (χ0v) is 19.6. The molecule has 0 bridgehead atoms. The van der Waals surface area contributed by atoms with Gasteiger partial charge in [-0.25, -0.2) is 8.42 Å². The van der Waals surface area contributed by atoms with Gasteiger partial charge in [-0.1, -0.05) is 55.5 Å². The van der Waals surface area contributed by atoms with E-state index in [1.807, 2.05) is 48.5 Å². The van der Waals surface area contributed by atoms with Crippen molar-refractivity contribution in [3.05, 3.63) is 89.5 Å². The maximum absolute atomic E-state index is 11.7. The molecule has 0 aromatic heterocycles. The van der Waals surface area contributed by atoms with E-state index in [-0.39, 0.29) is 18.0 Å². The van der Waals surface area contributed by atoms with Crippen molar-refractivity contribution in [2.24, 2.45) is 0 Å². The molecule has 0 aliphatic carbocycles. The first-order chi connectivity index (χ1) is 15.9. The predicted molar refractivity (Wildman–Crippen MR) is 132 cm³/mol. The van der Waals surface area contributed by atoms with Gasteiger partial charge in [0.1, 0.15) is 6.07 Å². The number of hydrogen-bond acceptors (Lipinski definition) is 6. The number of anilines is 2. The van der Waals surface area contributed by atoms with Gasteiger partial charge < -0.3 is 16.0 Å². The molecule has 1 aliphatic rings. The van der Waals surface area contributed by atoms with Gasteiger partial charge in [0.15, 0.2) is 9.84 Å². The van der Waals surface area contributed by atoms with Crippen molar-refractivity contribution in [2.45, 2.75) is 29.8 Å². The predicted octanol–water partition coefficient (Wildman–Crippen LogP) is 4.30. The summed E-state index contributed by atoms with van der Waals surface area (Å²) in [7, 11) is -3.21. The fourth-order valence-corrected chi connectivity index (χ4v) is 4.85. The first-order valence-electron chi connectivity index (χ1n) is 11.0. The van der Waals surface area contributed by atoms with Crippen LogP contribution in [0.15, 0.2) is 77.7 Å². The van der Waals surface area contributed by atoms with Crippen LogP contribution in [0.2, 0.25) is 0 Å². The monoisotopic (exact) mass is 460 g/mol. The lowest BCUT2D eigenvalue weighted by atomic mass is 9.94. The van der Waals surface area contributed by atoms with E-state index in [9.17, 15) is 13.7 Å². The van der Waals surface area contributed by atoms with Gasteiger partial charge in [0.2, 0.25) is 0 Å². The molecule has 0 unspecified atom stereocenters. The van der Waals surface area contributed by atoms with Crippen LogP contribution >= 0.6 is 0 Å². The molecule has 0 saturated heterocycles. The quantitative estimate of drug-likeness (QED) is 0.487. The van der Waals surface area contributed by atoms with Gasteiger partial charge in [-0.15, -0.1) is 0 Å². The lowest BCUT2D eigenvalue weighted by Crippen LogP contribution is -2.45. The van der Waals surface area contributed by atoms with Gasteiger partial charge in [0, 0.05) is 19.3 Å². The number of nitrogens with zero attached hydrogens (tertiary/aromatic N) is 1. The summed E-state index contributed by atoms with van der Waals surface area (Å²) in [6.07, 6.45) is 1.22. The maximum atomic E-state index is 11.7. The van der Waals surface area contributed by atoms with Crippen LogP contribution in [0.4, 0.5) is 11.4 Å². The van der Waals surface area contributed by atoms with E-state index >= 15 is 0 Å². The summed E-state index contributed by atoms with van der Waals surface area (Å²) in [6.45, 7) is 3.55. The molecule has 7 heteroatoms. The van der Waals surface area contributed by atoms with E-state index in [0.29, 0.717) is 23.5 Å². The topological polar surface area (TPSA) is 94.0 Å². The van der Waals surface area contributed by atoms with Gasteiger partial charge in [-0.3, -0.25) is 0 Å². The van der Waals surface area contributed by atoms with E-state index < -0.39 is 9.84 Å². The Morgan fingerprint density at radius 3 is 2.42 bits per heavy atom. The molecule has 0 fully saturated rings. The van der Waals surface area contributed by atoms with Gasteiger partial charge >= 0.3 is 0 Å². The Hall–Kier alpha value is -3.34. The van der Waals surface area contributed by atoms with Crippen molar-refractivity contribution >= 4 is 21.2 Å². The summed E-state index contributed by atoms with van der Waals surface area (Å²) in [5, 5.41) is 20.3. The van der Waals surface area contributed by atoms with Crippen molar-refractivity contribution in [3.63, 3.8) is 0 Å². The lowest BCUT2D eigenvalue weighted by molar-refractivity contribution is 0.454. The van der Waals surface area contributed by atoms with Crippen LogP contribution in [0.25, 0.3) is 0 Å². The molecular weight excluding hydrogens is 432 g/mol. The molecule has 3 atom stereocenters. The highest BCUT2D eigenvalue weighted by atomic mass is 32.2. The normalized spacial score (nSPS) is 17.1. The average molecular weight is 461 g/mol. The molecule has 0 radical (unpaired) electrons. The Labute approximate surface area is 195 Å². The summed E-state index contributed by atoms with van der Waals surface area (Å²) in [4.78, 5) is 0.331. The molecule has 1 heterocycles. The third-order valence-electron chi connectivity index (χ3n) is 6.11. The zero-order chi connectivity index (χ0) is 23.4.